The molecular formula is C42H40N4O4+2. The molecule has 0 unspecified atom stereocenters. The second-order valence-corrected chi connectivity index (χ2v) is 12.4. The van der Waals surface area contributed by atoms with Gasteiger partial charge in [-0.2, -0.15) is 0 Å². The SMILES string of the molecule is CCCC[n+]1ccc(-c2ccc(-c3nc(-c4ccc(CC(=O)O)cc4)nc(-c4ccc(-c5cc[n+](CCC(=O)O)cc5)cc4)c3C)cc2)cc1. The maximum absolute atomic E-state index is 11.3. The molecule has 2 N–H and O–H groups in total. The minimum Gasteiger partial charge on any atom is -0.481 e. The number of carbonyl (C=O) groups is 2. The van der Waals surface area contributed by atoms with Crippen LogP contribution in [-0.2, 0) is 29.1 Å². The van der Waals surface area contributed by atoms with Gasteiger partial charge < -0.3 is 10.2 Å². The molecule has 6 rings (SSSR count). The van der Waals surface area contributed by atoms with E-state index in [2.05, 4.69) is 84.5 Å². The van der Waals surface area contributed by atoms with Crippen LogP contribution in [0.1, 0.15) is 37.3 Å². The second kappa shape index (κ2) is 15.5. The van der Waals surface area contributed by atoms with Crippen molar-refractivity contribution in [3.63, 3.8) is 0 Å². The van der Waals surface area contributed by atoms with Crippen molar-refractivity contribution in [2.24, 2.45) is 0 Å². The molecule has 3 aromatic heterocycles. The molecule has 6 aromatic rings. The second-order valence-electron chi connectivity index (χ2n) is 12.4. The van der Waals surface area contributed by atoms with Crippen molar-refractivity contribution < 1.29 is 28.9 Å². The summed E-state index contributed by atoms with van der Waals surface area (Å²) in [6.45, 7) is 5.68. The topological polar surface area (TPSA) is 108 Å². The van der Waals surface area contributed by atoms with E-state index in [0.29, 0.717) is 17.9 Å². The van der Waals surface area contributed by atoms with Gasteiger partial charge in [-0.25, -0.2) is 19.1 Å². The van der Waals surface area contributed by atoms with Crippen LogP contribution in [0.5, 0.6) is 0 Å². The zero-order chi connectivity index (χ0) is 35.0. The molecule has 3 heterocycles. The molecule has 0 atom stereocenters. The van der Waals surface area contributed by atoms with Crippen molar-refractivity contribution in [2.45, 2.75) is 52.6 Å². The highest BCUT2D eigenvalue weighted by atomic mass is 16.4. The summed E-state index contributed by atoms with van der Waals surface area (Å²) in [7, 11) is 0. The maximum Gasteiger partial charge on any atom is 0.309 e. The number of benzene rings is 3. The molecule has 3 aromatic carbocycles. The Morgan fingerprint density at radius 1 is 0.560 bits per heavy atom. The third-order valence-corrected chi connectivity index (χ3v) is 8.83. The predicted molar refractivity (Wildman–Crippen MR) is 193 cm³/mol. The summed E-state index contributed by atoms with van der Waals surface area (Å²) in [4.78, 5) is 32.3. The molecule has 0 spiro atoms. The number of nitrogens with zero attached hydrogens (tertiary/aromatic N) is 4. The zero-order valence-corrected chi connectivity index (χ0v) is 28.3. The van der Waals surface area contributed by atoms with Gasteiger partial charge in [-0.3, -0.25) is 9.59 Å². The summed E-state index contributed by atoms with van der Waals surface area (Å²) in [5.41, 5.74) is 10.4. The maximum atomic E-state index is 11.3. The van der Waals surface area contributed by atoms with Crippen molar-refractivity contribution in [3.8, 4) is 56.2 Å². The van der Waals surface area contributed by atoms with Crippen LogP contribution < -0.4 is 9.13 Å². The molecular weight excluding hydrogens is 624 g/mol. The van der Waals surface area contributed by atoms with Crippen molar-refractivity contribution in [1.82, 2.24) is 9.97 Å². The molecule has 0 fully saturated rings. The normalized spacial score (nSPS) is 11.0. The van der Waals surface area contributed by atoms with Crippen molar-refractivity contribution in [1.29, 1.82) is 0 Å². The smallest absolute Gasteiger partial charge is 0.309 e. The molecule has 50 heavy (non-hydrogen) atoms. The third kappa shape index (κ3) is 8.15. The van der Waals surface area contributed by atoms with Crippen molar-refractivity contribution in [2.75, 3.05) is 0 Å². The molecule has 0 aliphatic heterocycles. The molecule has 8 nitrogen and oxygen atoms in total. The number of carboxylic acids is 2. The summed E-state index contributed by atoms with van der Waals surface area (Å²) < 4.78 is 4.08. The summed E-state index contributed by atoms with van der Waals surface area (Å²) in [6.07, 6.45) is 10.4. The van der Waals surface area contributed by atoms with Gasteiger partial charge in [-0.1, -0.05) is 86.1 Å². The Kier molecular flexibility index (Phi) is 10.5. The monoisotopic (exact) mass is 664 g/mol. The Morgan fingerprint density at radius 3 is 1.42 bits per heavy atom. The highest BCUT2D eigenvalue weighted by Gasteiger charge is 2.17. The molecule has 0 aliphatic rings. The van der Waals surface area contributed by atoms with Gasteiger partial charge in [0.25, 0.3) is 0 Å². The molecule has 0 aliphatic carbocycles. The Bertz CT molecular complexity index is 2090. The van der Waals surface area contributed by atoms with Gasteiger partial charge in [0.2, 0.25) is 0 Å². The van der Waals surface area contributed by atoms with Gasteiger partial charge in [-0.15, -0.1) is 0 Å². The number of rotatable bonds is 13. The number of aliphatic carboxylic acids is 2. The van der Waals surface area contributed by atoms with Crippen LogP contribution in [0.4, 0.5) is 0 Å². The van der Waals surface area contributed by atoms with E-state index in [0.717, 1.165) is 75.3 Å². The van der Waals surface area contributed by atoms with E-state index in [1.807, 2.05) is 60.3 Å². The van der Waals surface area contributed by atoms with Gasteiger partial charge in [-0.05, 0) is 34.7 Å². The quantitative estimate of drug-likeness (QED) is 0.123. The van der Waals surface area contributed by atoms with E-state index in [1.165, 1.54) is 0 Å². The van der Waals surface area contributed by atoms with Crippen molar-refractivity contribution in [3.05, 3.63) is 133 Å². The van der Waals surface area contributed by atoms with Gasteiger partial charge in [0.15, 0.2) is 37.2 Å². The Labute approximate surface area is 292 Å². The standard InChI is InChI=1S/C42H38N4O4/c1-3-4-22-45-23-17-33(18-24-45)31-9-13-35(14-10-31)40-29(2)41(44-42(43-40)37-7-5-30(6-8-37)28-39(49)50)36-15-11-32(12-16-36)34-19-25-46(26-20-34)27-21-38(47)48/h5-20,23-26H,3-4,21-22,27-28H2,1-2H3/p+2. The molecule has 8 heteroatoms. The highest BCUT2D eigenvalue weighted by molar-refractivity contribution is 5.79. The lowest BCUT2D eigenvalue weighted by Gasteiger charge is -2.15. The number of carboxylic acid groups (broad SMARTS) is 2. The van der Waals surface area contributed by atoms with Crippen molar-refractivity contribution >= 4 is 11.9 Å². The Morgan fingerprint density at radius 2 is 0.980 bits per heavy atom. The molecule has 0 amide bonds. The summed E-state index contributed by atoms with van der Waals surface area (Å²) in [6, 6.07) is 32.4. The van der Waals surface area contributed by atoms with Crippen LogP contribution in [0.15, 0.2) is 122 Å². The van der Waals surface area contributed by atoms with Crippen LogP contribution in [0.25, 0.3) is 56.2 Å². The van der Waals surface area contributed by atoms with Gasteiger partial charge >= 0.3 is 11.9 Å². The summed E-state index contributed by atoms with van der Waals surface area (Å²) >= 11 is 0. The molecule has 0 saturated carbocycles. The first kappa shape index (κ1) is 33.9. The Hall–Kier alpha value is -6.02. The van der Waals surface area contributed by atoms with Crippen LogP contribution in [0, 0.1) is 6.92 Å². The minimum atomic E-state index is -0.875. The minimum absolute atomic E-state index is 0.0475. The largest absolute Gasteiger partial charge is 0.481 e. The van der Waals surface area contributed by atoms with Crippen LogP contribution in [0.2, 0.25) is 0 Å². The first-order valence-electron chi connectivity index (χ1n) is 16.9. The van der Waals surface area contributed by atoms with E-state index in [9.17, 15) is 14.7 Å². The van der Waals surface area contributed by atoms with E-state index >= 15 is 0 Å². The third-order valence-electron chi connectivity index (χ3n) is 8.83. The molecule has 0 saturated heterocycles. The average molecular weight is 665 g/mol. The number of hydrogen-bond donors (Lipinski definition) is 2. The lowest BCUT2D eigenvalue weighted by Crippen LogP contribution is -2.33. The number of hydrogen-bond acceptors (Lipinski definition) is 4. The lowest BCUT2D eigenvalue weighted by atomic mass is 9.97. The summed E-state index contributed by atoms with van der Waals surface area (Å²) in [5, 5.41) is 18.2. The van der Waals surface area contributed by atoms with E-state index in [-0.39, 0.29) is 12.8 Å². The van der Waals surface area contributed by atoms with E-state index in [1.54, 1.807) is 0 Å². The fraction of sp³-hybridized carbons (Fsp3) is 0.190. The highest BCUT2D eigenvalue weighted by Crippen LogP contribution is 2.34. The summed E-state index contributed by atoms with van der Waals surface area (Å²) in [5.74, 6) is -1.14. The number of pyridine rings is 2. The van der Waals surface area contributed by atoms with Crippen LogP contribution in [-0.4, -0.2) is 32.1 Å². The Balaban J connectivity index is 1.34. The van der Waals surface area contributed by atoms with Gasteiger partial charge in [0, 0.05) is 52.9 Å². The van der Waals surface area contributed by atoms with Gasteiger partial charge in [0.05, 0.1) is 17.8 Å². The molecule has 0 radical (unpaired) electrons. The fourth-order valence-corrected chi connectivity index (χ4v) is 5.96. The van der Waals surface area contributed by atoms with Gasteiger partial charge in [0.1, 0.15) is 13.0 Å². The number of aryl methyl sites for hydroxylation is 2. The van der Waals surface area contributed by atoms with E-state index in [4.69, 9.17) is 15.1 Å². The lowest BCUT2D eigenvalue weighted by molar-refractivity contribution is -0.697. The fourth-order valence-electron chi connectivity index (χ4n) is 5.96. The molecule has 250 valence electrons. The first-order chi connectivity index (χ1) is 24.3. The first-order valence-corrected chi connectivity index (χ1v) is 16.9. The predicted octanol–water partition coefficient (Wildman–Crippen LogP) is 7.60. The van der Waals surface area contributed by atoms with Crippen LogP contribution >= 0.6 is 0 Å². The van der Waals surface area contributed by atoms with E-state index < -0.39 is 11.9 Å². The number of aromatic nitrogens is 4. The van der Waals surface area contributed by atoms with Crippen LogP contribution in [0.3, 0.4) is 0 Å². The zero-order valence-electron chi connectivity index (χ0n) is 28.3. The molecule has 0 bridgehead atoms. The number of unbranched alkanes of at least 4 members (excludes halogenated alkanes) is 1. The average Bonchev–Trinajstić information content (AvgIpc) is 3.14.